The van der Waals surface area contributed by atoms with Gasteiger partial charge in [-0.1, -0.05) is 48.5 Å². The number of rotatable bonds is 6. The maximum atomic E-state index is 12.7. The van der Waals surface area contributed by atoms with Crippen LogP contribution >= 0.6 is 9.90 Å². The van der Waals surface area contributed by atoms with Crippen molar-refractivity contribution in [1.82, 2.24) is 0 Å². The largest absolute Gasteiger partial charge is 0.785 e. The summed E-state index contributed by atoms with van der Waals surface area (Å²) in [5.41, 5.74) is 0. The van der Waals surface area contributed by atoms with E-state index in [9.17, 15) is 31.4 Å². The van der Waals surface area contributed by atoms with Gasteiger partial charge in [0.05, 0.1) is 0 Å². The first-order valence-corrected chi connectivity index (χ1v) is 11.0. The van der Waals surface area contributed by atoms with E-state index >= 15 is 0 Å². The van der Waals surface area contributed by atoms with Crippen LogP contribution in [0.15, 0.2) is 84.9 Å². The monoisotopic (exact) mass is 566 g/mol. The minimum absolute atomic E-state index is 0. The molecule has 0 spiro atoms. The van der Waals surface area contributed by atoms with Crippen LogP contribution in [0.4, 0.5) is 26.3 Å². The average molecular weight is 566 g/mol. The lowest BCUT2D eigenvalue weighted by molar-refractivity contribution is -0.276. The maximum Gasteiger partial charge on any atom is 0.785 e. The first kappa shape index (κ1) is 28.1. The standard InChI is InChI=1S/C26H15BF6O5.H3P/c28-25(29,30)35-19-12-20(36-26(31,32)33)14-21(13-19)37-27(34)38-23-7-3-6-15-8-9-18-10-16-4-1-2-5-17(16)11-22(18)24(15)23;/h1-14,34H;1H3. The van der Waals surface area contributed by atoms with Crippen molar-refractivity contribution < 1.29 is 50.1 Å². The normalized spacial score (nSPS) is 11.8. The molecule has 1 unspecified atom stereocenters. The first-order chi connectivity index (χ1) is 17.9. The fourth-order valence-electron chi connectivity index (χ4n) is 4.11. The molecule has 0 aliphatic heterocycles. The second kappa shape index (κ2) is 10.7. The van der Waals surface area contributed by atoms with Crippen molar-refractivity contribution in [3.8, 4) is 23.0 Å². The van der Waals surface area contributed by atoms with Crippen LogP contribution in [0, 0.1) is 0 Å². The van der Waals surface area contributed by atoms with Crippen molar-refractivity contribution in [2.75, 3.05) is 0 Å². The molecular weight excluding hydrogens is 548 g/mol. The van der Waals surface area contributed by atoms with Gasteiger partial charge in [0.15, 0.2) is 0 Å². The van der Waals surface area contributed by atoms with Gasteiger partial charge < -0.3 is 23.8 Å². The molecule has 0 bridgehead atoms. The highest BCUT2D eigenvalue weighted by Crippen LogP contribution is 2.37. The maximum absolute atomic E-state index is 12.7. The Kier molecular flexibility index (Phi) is 7.72. The highest BCUT2D eigenvalue weighted by Gasteiger charge is 2.34. The smallest absolute Gasteiger partial charge is 0.501 e. The summed E-state index contributed by atoms with van der Waals surface area (Å²) in [6.07, 6.45) is -10.4. The summed E-state index contributed by atoms with van der Waals surface area (Å²) in [4.78, 5) is 0. The van der Waals surface area contributed by atoms with E-state index in [1.54, 1.807) is 12.1 Å². The Bertz CT molecular complexity index is 1610. The van der Waals surface area contributed by atoms with Gasteiger partial charge in [-0.05, 0) is 45.1 Å². The molecule has 0 aromatic heterocycles. The molecule has 0 fully saturated rings. The van der Waals surface area contributed by atoms with Gasteiger partial charge in [0, 0.05) is 23.6 Å². The Balaban J connectivity index is 0.00000353. The summed E-state index contributed by atoms with van der Waals surface area (Å²) in [7, 11) is -2.11. The predicted molar refractivity (Wildman–Crippen MR) is 139 cm³/mol. The van der Waals surface area contributed by atoms with Gasteiger partial charge >= 0.3 is 20.0 Å². The Hall–Kier alpha value is -3.89. The van der Waals surface area contributed by atoms with Gasteiger partial charge in [0.25, 0.3) is 0 Å². The van der Waals surface area contributed by atoms with Crippen molar-refractivity contribution in [1.29, 1.82) is 0 Å². The molecule has 0 saturated carbocycles. The highest BCUT2D eigenvalue weighted by atomic mass is 31.0. The third-order valence-corrected chi connectivity index (χ3v) is 5.47. The zero-order chi connectivity index (χ0) is 27.1. The predicted octanol–water partition coefficient (Wildman–Crippen LogP) is 7.44. The SMILES string of the molecule is OB(Oc1cc(OC(F)(F)F)cc(OC(F)(F)F)c1)Oc1cccc2ccc3cc4ccccc4cc3c12.P. The van der Waals surface area contributed by atoms with Crippen LogP contribution in [0.1, 0.15) is 0 Å². The van der Waals surface area contributed by atoms with Crippen LogP contribution in [0.2, 0.25) is 0 Å². The number of hydrogen-bond acceptors (Lipinski definition) is 5. The molecule has 1 N–H and O–H groups in total. The molecule has 5 rings (SSSR count). The van der Waals surface area contributed by atoms with E-state index in [1.165, 1.54) is 0 Å². The lowest BCUT2D eigenvalue weighted by atomic mass is 9.97. The number of hydrogen-bond donors (Lipinski definition) is 1. The van der Waals surface area contributed by atoms with Crippen LogP contribution in [0.3, 0.4) is 0 Å². The van der Waals surface area contributed by atoms with Gasteiger partial charge in [0.2, 0.25) is 0 Å². The van der Waals surface area contributed by atoms with E-state index in [0.29, 0.717) is 23.6 Å². The van der Waals surface area contributed by atoms with E-state index in [2.05, 4.69) is 9.47 Å². The summed E-state index contributed by atoms with van der Waals surface area (Å²) in [5, 5.41) is 15.5. The van der Waals surface area contributed by atoms with E-state index in [0.717, 1.165) is 26.9 Å². The molecule has 0 radical (unpaired) electrons. The molecule has 0 saturated heterocycles. The van der Waals surface area contributed by atoms with Gasteiger partial charge in [-0.25, -0.2) is 0 Å². The lowest BCUT2D eigenvalue weighted by Gasteiger charge is -2.17. The summed E-state index contributed by atoms with van der Waals surface area (Å²) >= 11 is 0. The van der Waals surface area contributed by atoms with Crippen molar-refractivity contribution >= 4 is 49.5 Å². The first-order valence-electron chi connectivity index (χ1n) is 11.0. The fraction of sp³-hybridized carbons (Fsp3) is 0.0769. The number of alkyl halides is 6. The van der Waals surface area contributed by atoms with Gasteiger partial charge in [-0.15, -0.1) is 26.3 Å². The minimum atomic E-state index is -5.20. The number of halogens is 6. The zero-order valence-electron chi connectivity index (χ0n) is 19.7. The van der Waals surface area contributed by atoms with Crippen molar-refractivity contribution in [2.24, 2.45) is 0 Å². The van der Waals surface area contributed by atoms with Crippen LogP contribution in [-0.2, 0) is 0 Å². The summed E-state index contributed by atoms with van der Waals surface area (Å²) in [5.74, 6) is -2.56. The van der Waals surface area contributed by atoms with Crippen molar-refractivity contribution in [3.05, 3.63) is 84.9 Å². The van der Waals surface area contributed by atoms with E-state index in [-0.39, 0.29) is 15.6 Å². The molecule has 5 aromatic carbocycles. The third kappa shape index (κ3) is 6.77. The third-order valence-electron chi connectivity index (χ3n) is 5.47. The van der Waals surface area contributed by atoms with Crippen LogP contribution in [0.5, 0.6) is 23.0 Å². The molecule has 0 aliphatic rings. The second-order valence-corrected chi connectivity index (χ2v) is 8.12. The fourth-order valence-corrected chi connectivity index (χ4v) is 4.11. The van der Waals surface area contributed by atoms with Crippen LogP contribution in [-0.4, -0.2) is 25.1 Å². The summed E-state index contributed by atoms with van der Waals surface area (Å²) in [6, 6.07) is 22.1. The number of ether oxygens (including phenoxy) is 2. The van der Waals surface area contributed by atoms with Crippen molar-refractivity contribution in [3.63, 3.8) is 0 Å². The molecule has 0 amide bonds. The topological polar surface area (TPSA) is 57.2 Å². The molecule has 5 nitrogen and oxygen atoms in total. The van der Waals surface area contributed by atoms with Gasteiger partial charge in [-0.3, -0.25) is 0 Å². The quantitative estimate of drug-likeness (QED) is 0.0762. The summed E-state index contributed by atoms with van der Waals surface area (Å²) < 4.78 is 94.0. The average Bonchev–Trinajstić information content (AvgIpc) is 2.80. The Morgan fingerprint density at radius 2 is 1.10 bits per heavy atom. The lowest BCUT2D eigenvalue weighted by Crippen LogP contribution is -2.30. The number of fused-ring (bicyclic) bond motifs is 4. The Labute approximate surface area is 220 Å². The van der Waals surface area contributed by atoms with Gasteiger partial charge in [0.1, 0.15) is 23.0 Å². The van der Waals surface area contributed by atoms with Crippen LogP contribution < -0.4 is 18.8 Å². The summed E-state index contributed by atoms with van der Waals surface area (Å²) in [6.45, 7) is 0. The molecule has 39 heavy (non-hydrogen) atoms. The highest BCUT2D eigenvalue weighted by molar-refractivity contribution is 6.92. The van der Waals surface area contributed by atoms with E-state index in [1.807, 2.05) is 54.6 Å². The molecule has 13 heteroatoms. The zero-order valence-corrected chi connectivity index (χ0v) is 21.1. The molecule has 0 aliphatic carbocycles. The van der Waals surface area contributed by atoms with Crippen LogP contribution in [0.25, 0.3) is 32.3 Å². The Morgan fingerprint density at radius 1 is 0.564 bits per heavy atom. The molecular formula is C26H18BF6O5P. The van der Waals surface area contributed by atoms with Crippen molar-refractivity contribution in [2.45, 2.75) is 12.7 Å². The molecule has 5 aromatic rings. The van der Waals surface area contributed by atoms with E-state index in [4.69, 9.17) is 9.31 Å². The van der Waals surface area contributed by atoms with Gasteiger partial charge in [-0.2, -0.15) is 9.90 Å². The molecule has 202 valence electrons. The second-order valence-electron chi connectivity index (χ2n) is 8.12. The Morgan fingerprint density at radius 3 is 1.72 bits per heavy atom. The molecule has 0 heterocycles. The number of benzene rings is 5. The van der Waals surface area contributed by atoms with E-state index < -0.39 is 37.3 Å². The minimum Gasteiger partial charge on any atom is -0.501 e. The molecule has 1 atom stereocenters.